The van der Waals surface area contributed by atoms with E-state index in [-0.39, 0.29) is 6.61 Å². The fourth-order valence-electron chi connectivity index (χ4n) is 2.54. The largest absolute Gasteiger partial charge is 0.394 e. The Morgan fingerprint density at radius 2 is 0.852 bits per heavy atom. The first-order valence-electron chi connectivity index (χ1n) is 10.4. The summed E-state index contributed by atoms with van der Waals surface area (Å²) in [5, 5.41) is 8.53. The molecule has 0 aliphatic rings. The number of rotatable bonds is 23. The zero-order chi connectivity index (χ0) is 19.8. The van der Waals surface area contributed by atoms with Gasteiger partial charge < -0.3 is 33.5 Å². The van der Waals surface area contributed by atoms with E-state index in [1.807, 2.05) is 0 Å². The van der Waals surface area contributed by atoms with Gasteiger partial charge in [-0.3, -0.25) is 0 Å². The molecule has 0 aliphatic heterocycles. The normalized spacial score (nSPS) is 11.6. The molecule has 0 aromatic carbocycles. The van der Waals surface area contributed by atoms with Gasteiger partial charge in [-0.1, -0.05) is 26.7 Å². The van der Waals surface area contributed by atoms with Crippen molar-refractivity contribution in [3.63, 3.8) is 0 Å². The zero-order valence-corrected chi connectivity index (χ0v) is 17.5. The minimum Gasteiger partial charge on any atom is -0.394 e. The van der Waals surface area contributed by atoms with Crippen molar-refractivity contribution in [2.75, 3.05) is 85.9 Å². The van der Waals surface area contributed by atoms with E-state index < -0.39 is 0 Å². The molecule has 0 rings (SSSR count). The van der Waals surface area contributed by atoms with Crippen LogP contribution in [0.25, 0.3) is 0 Å². The Hall–Kier alpha value is -0.280. The Bertz CT molecular complexity index is 261. The van der Waals surface area contributed by atoms with Gasteiger partial charge in [-0.25, -0.2) is 0 Å². The summed E-state index contributed by atoms with van der Waals surface area (Å²) in [4.78, 5) is 0. The number of hydrogen-bond acceptors (Lipinski definition) is 7. The molecule has 0 aromatic rings. The Morgan fingerprint density at radius 1 is 0.519 bits per heavy atom. The molecule has 0 aromatic heterocycles. The summed E-state index contributed by atoms with van der Waals surface area (Å²) >= 11 is 0. The highest BCUT2D eigenvalue weighted by Crippen LogP contribution is 2.13. The number of aliphatic hydroxyl groups excluding tert-OH is 1. The lowest BCUT2D eigenvalue weighted by atomic mass is 9.99. The van der Waals surface area contributed by atoms with Gasteiger partial charge >= 0.3 is 0 Å². The summed E-state index contributed by atoms with van der Waals surface area (Å²) in [5.74, 6) is 0.688. The Balaban J connectivity index is 3.12. The smallest absolute Gasteiger partial charge is 0.0701 e. The van der Waals surface area contributed by atoms with Gasteiger partial charge in [0, 0.05) is 6.61 Å². The third kappa shape index (κ3) is 21.9. The Morgan fingerprint density at radius 3 is 1.19 bits per heavy atom. The first-order chi connectivity index (χ1) is 13.3. The highest BCUT2D eigenvalue weighted by Gasteiger charge is 2.06. The lowest BCUT2D eigenvalue weighted by Gasteiger charge is -2.15. The molecule has 0 spiro atoms. The summed E-state index contributed by atoms with van der Waals surface area (Å²) < 4.78 is 32.4. The average molecular weight is 395 g/mol. The van der Waals surface area contributed by atoms with Crippen molar-refractivity contribution in [2.24, 2.45) is 5.92 Å². The van der Waals surface area contributed by atoms with Gasteiger partial charge in [0.2, 0.25) is 0 Å². The molecule has 0 unspecified atom stereocenters. The molecule has 0 radical (unpaired) electrons. The van der Waals surface area contributed by atoms with Crippen molar-refractivity contribution in [1.29, 1.82) is 0 Å². The van der Waals surface area contributed by atoms with Gasteiger partial charge in [0.1, 0.15) is 0 Å². The topological polar surface area (TPSA) is 75.6 Å². The van der Waals surface area contributed by atoms with E-state index in [0.717, 1.165) is 6.61 Å². The van der Waals surface area contributed by atoms with E-state index in [9.17, 15) is 0 Å². The molecular weight excluding hydrogens is 352 g/mol. The maximum absolute atomic E-state index is 8.53. The van der Waals surface area contributed by atoms with Gasteiger partial charge in [0.15, 0.2) is 0 Å². The molecule has 0 bridgehead atoms. The summed E-state index contributed by atoms with van der Waals surface area (Å²) in [6.07, 6.45) is 4.93. The molecule has 0 heterocycles. The molecule has 0 atom stereocenters. The summed E-state index contributed by atoms with van der Waals surface area (Å²) in [6.45, 7) is 11.3. The number of hydrogen-bond donors (Lipinski definition) is 1. The van der Waals surface area contributed by atoms with Gasteiger partial charge in [-0.2, -0.15) is 0 Å². The molecule has 0 aliphatic carbocycles. The van der Waals surface area contributed by atoms with Gasteiger partial charge in [-0.15, -0.1) is 0 Å². The molecule has 0 amide bonds. The second-order valence-electron chi connectivity index (χ2n) is 6.30. The van der Waals surface area contributed by atoms with Crippen LogP contribution in [0.15, 0.2) is 0 Å². The Kier molecular flexibility index (Phi) is 23.5. The fourth-order valence-corrected chi connectivity index (χ4v) is 2.54. The minimum atomic E-state index is 0.0421. The molecule has 1 N–H and O–H groups in total. The third-order valence-corrected chi connectivity index (χ3v) is 3.84. The first-order valence-corrected chi connectivity index (χ1v) is 10.4. The van der Waals surface area contributed by atoms with Crippen molar-refractivity contribution in [3.8, 4) is 0 Å². The number of ether oxygens (including phenoxy) is 6. The minimum absolute atomic E-state index is 0.0421. The van der Waals surface area contributed by atoms with Crippen LogP contribution in [-0.2, 0) is 28.4 Å². The predicted molar refractivity (Wildman–Crippen MR) is 105 cm³/mol. The van der Waals surface area contributed by atoms with Crippen LogP contribution in [0.2, 0.25) is 0 Å². The average Bonchev–Trinajstić information content (AvgIpc) is 2.67. The highest BCUT2D eigenvalue weighted by atomic mass is 16.6. The highest BCUT2D eigenvalue weighted by molar-refractivity contribution is 4.56. The molecule has 27 heavy (non-hydrogen) atoms. The standard InChI is InChI=1S/C20H42O7/c1-3-5-20(6-4-2)19-27-18-17-26-16-15-25-14-13-24-12-11-23-10-9-22-8-7-21/h20-21H,3-19H2,1-2H3. The van der Waals surface area contributed by atoms with Gasteiger partial charge in [0.05, 0.1) is 79.3 Å². The van der Waals surface area contributed by atoms with Crippen molar-refractivity contribution >= 4 is 0 Å². The molecule has 0 saturated heterocycles. The van der Waals surface area contributed by atoms with Crippen molar-refractivity contribution < 1.29 is 33.5 Å². The fraction of sp³-hybridized carbons (Fsp3) is 1.00. The van der Waals surface area contributed by atoms with Gasteiger partial charge in [-0.05, 0) is 18.8 Å². The van der Waals surface area contributed by atoms with Crippen LogP contribution in [0.4, 0.5) is 0 Å². The van der Waals surface area contributed by atoms with Crippen LogP contribution >= 0.6 is 0 Å². The molecule has 7 heteroatoms. The SMILES string of the molecule is CCCC(CCC)COCCOCCOCCOCCOCCOCCO. The van der Waals surface area contributed by atoms with Crippen molar-refractivity contribution in [2.45, 2.75) is 39.5 Å². The molecule has 164 valence electrons. The number of aliphatic hydroxyl groups is 1. The van der Waals surface area contributed by atoms with E-state index in [0.29, 0.717) is 78.6 Å². The summed E-state index contributed by atoms with van der Waals surface area (Å²) in [5.41, 5.74) is 0. The van der Waals surface area contributed by atoms with Crippen molar-refractivity contribution in [1.82, 2.24) is 0 Å². The zero-order valence-electron chi connectivity index (χ0n) is 17.5. The molecular formula is C20H42O7. The summed E-state index contributed by atoms with van der Waals surface area (Å²) in [7, 11) is 0. The van der Waals surface area contributed by atoms with Crippen LogP contribution in [-0.4, -0.2) is 91.0 Å². The third-order valence-electron chi connectivity index (χ3n) is 3.84. The van der Waals surface area contributed by atoms with Crippen molar-refractivity contribution in [3.05, 3.63) is 0 Å². The quantitative estimate of drug-likeness (QED) is 0.267. The second-order valence-corrected chi connectivity index (χ2v) is 6.30. The van der Waals surface area contributed by atoms with E-state index in [2.05, 4.69) is 13.8 Å². The molecule has 0 fully saturated rings. The van der Waals surface area contributed by atoms with Crippen LogP contribution < -0.4 is 0 Å². The first kappa shape index (κ1) is 26.7. The maximum Gasteiger partial charge on any atom is 0.0701 e. The van der Waals surface area contributed by atoms with E-state index in [4.69, 9.17) is 33.5 Å². The van der Waals surface area contributed by atoms with Gasteiger partial charge in [0.25, 0.3) is 0 Å². The summed E-state index contributed by atoms with van der Waals surface area (Å²) in [6, 6.07) is 0. The maximum atomic E-state index is 8.53. The van der Waals surface area contributed by atoms with E-state index in [1.165, 1.54) is 25.7 Å². The Labute approximate surface area is 165 Å². The monoisotopic (exact) mass is 394 g/mol. The lowest BCUT2D eigenvalue weighted by molar-refractivity contribution is -0.0199. The molecule has 7 nitrogen and oxygen atoms in total. The second kappa shape index (κ2) is 23.8. The van der Waals surface area contributed by atoms with Crippen LogP contribution in [0.3, 0.4) is 0 Å². The predicted octanol–water partition coefficient (Wildman–Crippen LogP) is 2.29. The van der Waals surface area contributed by atoms with Crippen LogP contribution in [0.5, 0.6) is 0 Å². The van der Waals surface area contributed by atoms with Crippen LogP contribution in [0.1, 0.15) is 39.5 Å². The lowest BCUT2D eigenvalue weighted by Crippen LogP contribution is -2.15. The van der Waals surface area contributed by atoms with Crippen LogP contribution in [0, 0.1) is 5.92 Å². The van der Waals surface area contributed by atoms with E-state index in [1.54, 1.807) is 0 Å². The molecule has 0 saturated carbocycles. The van der Waals surface area contributed by atoms with E-state index >= 15 is 0 Å².